The molecular formula is C27H23N3O7. The lowest BCUT2D eigenvalue weighted by Crippen LogP contribution is -2.32. The zero-order chi connectivity index (χ0) is 26.4. The van der Waals surface area contributed by atoms with Crippen LogP contribution in [0, 0.1) is 0 Å². The highest BCUT2D eigenvalue weighted by atomic mass is 16.7. The van der Waals surface area contributed by atoms with Crippen LogP contribution in [0.15, 0.2) is 66.0 Å². The number of anilines is 1. The molecule has 3 aliphatic rings. The number of hydrogen-bond donors (Lipinski definition) is 2. The molecule has 0 radical (unpaired) electrons. The molecule has 188 valence electrons. The summed E-state index contributed by atoms with van der Waals surface area (Å²) in [4.78, 5) is 55.6. The molecule has 2 aliphatic heterocycles. The molecule has 2 amide bonds. The number of carbonyl (C=O) groups is 4. The number of carboxylic acid groups (broad SMARTS) is 1. The number of amides is 2. The van der Waals surface area contributed by atoms with Gasteiger partial charge in [0.05, 0.1) is 11.1 Å². The predicted octanol–water partition coefficient (Wildman–Crippen LogP) is 2.65. The third-order valence-corrected chi connectivity index (χ3v) is 6.27. The van der Waals surface area contributed by atoms with E-state index in [0.29, 0.717) is 38.8 Å². The van der Waals surface area contributed by atoms with Gasteiger partial charge in [0.2, 0.25) is 0 Å². The van der Waals surface area contributed by atoms with Gasteiger partial charge in [-0.1, -0.05) is 18.2 Å². The largest absolute Gasteiger partial charge is 0.478 e. The van der Waals surface area contributed by atoms with Crippen molar-refractivity contribution in [3.05, 3.63) is 88.2 Å². The minimum absolute atomic E-state index is 0.0492. The number of carbonyl (C=O) groups excluding carboxylic acids is 3. The van der Waals surface area contributed by atoms with Gasteiger partial charge >= 0.3 is 11.9 Å². The molecule has 5 rings (SSSR count). The van der Waals surface area contributed by atoms with E-state index in [1.165, 1.54) is 18.2 Å². The van der Waals surface area contributed by atoms with E-state index in [0.717, 1.165) is 5.69 Å². The topological polar surface area (TPSA) is 139 Å². The fourth-order valence-corrected chi connectivity index (χ4v) is 4.40. The molecule has 0 spiro atoms. The maximum absolute atomic E-state index is 12.7. The molecule has 2 aromatic rings. The van der Waals surface area contributed by atoms with Crippen LogP contribution >= 0.6 is 0 Å². The Bertz CT molecular complexity index is 1450. The van der Waals surface area contributed by atoms with Gasteiger partial charge in [0.1, 0.15) is 11.5 Å². The Hall–Kier alpha value is -4.70. The van der Waals surface area contributed by atoms with E-state index in [9.17, 15) is 24.3 Å². The monoisotopic (exact) mass is 501 g/mol. The average Bonchev–Trinajstić information content (AvgIpc) is 3.18. The van der Waals surface area contributed by atoms with E-state index < -0.39 is 23.8 Å². The quantitative estimate of drug-likeness (QED) is 0.592. The van der Waals surface area contributed by atoms with Gasteiger partial charge in [-0.25, -0.2) is 9.59 Å². The minimum Gasteiger partial charge on any atom is -0.478 e. The molecule has 10 nitrogen and oxygen atoms in total. The lowest BCUT2D eigenvalue weighted by Gasteiger charge is -2.29. The van der Waals surface area contributed by atoms with Crippen LogP contribution in [0.3, 0.4) is 0 Å². The number of carboxylic acids is 1. The molecule has 0 bridgehead atoms. The van der Waals surface area contributed by atoms with Gasteiger partial charge in [0, 0.05) is 61.4 Å². The van der Waals surface area contributed by atoms with Crippen molar-refractivity contribution in [2.45, 2.75) is 18.9 Å². The highest BCUT2D eigenvalue weighted by Crippen LogP contribution is 2.45. The van der Waals surface area contributed by atoms with Crippen molar-refractivity contribution < 1.29 is 33.9 Å². The van der Waals surface area contributed by atoms with Crippen LogP contribution in [-0.2, 0) is 14.4 Å². The van der Waals surface area contributed by atoms with Gasteiger partial charge in [-0.2, -0.15) is 0 Å². The van der Waals surface area contributed by atoms with E-state index in [1.54, 1.807) is 18.2 Å². The molecule has 3 N–H and O–H groups in total. The van der Waals surface area contributed by atoms with Crippen LogP contribution in [0.2, 0.25) is 0 Å². The van der Waals surface area contributed by atoms with Crippen LogP contribution in [0.1, 0.15) is 44.7 Å². The summed E-state index contributed by atoms with van der Waals surface area (Å²) in [5.74, 6) is -2.51. The Morgan fingerprint density at radius 1 is 1.08 bits per heavy atom. The summed E-state index contributed by atoms with van der Waals surface area (Å²) in [5, 5.41) is 10.5. The summed E-state index contributed by atoms with van der Waals surface area (Å²) >= 11 is 0. The number of nitrogens with two attached hydrogens (primary N) is 1. The van der Waals surface area contributed by atoms with Crippen LogP contribution in [0.5, 0.6) is 5.75 Å². The number of benzene rings is 2. The van der Waals surface area contributed by atoms with Gasteiger partial charge in [-0.15, -0.1) is 5.06 Å². The molecule has 1 fully saturated rings. The number of rotatable bonds is 5. The summed E-state index contributed by atoms with van der Waals surface area (Å²) in [6, 6.07) is 9.30. The van der Waals surface area contributed by atoms with E-state index >= 15 is 0 Å². The third kappa shape index (κ3) is 4.27. The zero-order valence-electron chi connectivity index (χ0n) is 20.1. The standard InChI is InChI=1S/C27H23N3O7/c1-29(2)16-5-8-19-22(13-16)36-21-12-15(28)4-7-18(21)25(19)17-6-3-14(11-20(17)26(33)34)27(35)37-30-23(31)9-10-24(30)32/h3-8,11-13,15H,9-10,28H2,1-2H3,(H,33,34). The molecule has 1 unspecified atom stereocenters. The molecule has 0 aromatic heterocycles. The molecule has 10 heteroatoms. The first-order chi connectivity index (χ1) is 17.6. The van der Waals surface area contributed by atoms with Gasteiger partial charge in [-0.05, 0) is 35.9 Å². The van der Waals surface area contributed by atoms with Crippen LogP contribution < -0.4 is 15.4 Å². The second-order valence-electron chi connectivity index (χ2n) is 8.96. The first-order valence-corrected chi connectivity index (χ1v) is 11.5. The number of hydrogen-bond acceptors (Lipinski definition) is 8. The van der Waals surface area contributed by atoms with Crippen molar-refractivity contribution in [3.63, 3.8) is 0 Å². The number of fused-ring (bicyclic) bond motifs is 2. The Kier molecular flexibility index (Phi) is 5.88. The lowest BCUT2D eigenvalue weighted by molar-refractivity contribution is -0.172. The summed E-state index contributed by atoms with van der Waals surface area (Å²) in [5.41, 5.74) is 8.95. The molecule has 1 saturated heterocycles. The van der Waals surface area contributed by atoms with E-state index in [1.807, 2.05) is 37.2 Å². The molecule has 2 aromatic carbocycles. The SMILES string of the molecule is CN(C)c1ccc2c(c1)OC1=CC(N)C=CC1=C2c1ccc(C(=O)ON2C(=O)CCC2=O)cc1C(=O)O. The predicted molar refractivity (Wildman–Crippen MR) is 133 cm³/mol. The Morgan fingerprint density at radius 3 is 2.46 bits per heavy atom. The highest BCUT2D eigenvalue weighted by Gasteiger charge is 2.34. The summed E-state index contributed by atoms with van der Waals surface area (Å²) in [6.07, 6.45) is 5.21. The third-order valence-electron chi connectivity index (χ3n) is 6.27. The second-order valence-corrected chi connectivity index (χ2v) is 8.96. The van der Waals surface area contributed by atoms with E-state index in [-0.39, 0.29) is 30.0 Å². The Balaban J connectivity index is 1.63. The lowest BCUT2D eigenvalue weighted by atomic mass is 9.84. The number of imide groups is 1. The molecular weight excluding hydrogens is 478 g/mol. The van der Waals surface area contributed by atoms with Crippen LogP contribution in [-0.4, -0.2) is 54.1 Å². The van der Waals surface area contributed by atoms with Crippen LogP contribution in [0.25, 0.3) is 5.57 Å². The molecule has 0 saturated carbocycles. The minimum atomic E-state index is -1.27. The van der Waals surface area contributed by atoms with Crippen molar-refractivity contribution in [1.82, 2.24) is 5.06 Å². The van der Waals surface area contributed by atoms with Gasteiger partial charge in [-0.3, -0.25) is 9.59 Å². The van der Waals surface area contributed by atoms with Crippen molar-refractivity contribution in [3.8, 4) is 5.75 Å². The van der Waals surface area contributed by atoms with Gasteiger partial charge in [0.25, 0.3) is 11.8 Å². The van der Waals surface area contributed by atoms with Crippen LogP contribution in [0.4, 0.5) is 5.69 Å². The van der Waals surface area contributed by atoms with Crippen molar-refractivity contribution in [2.75, 3.05) is 19.0 Å². The smallest absolute Gasteiger partial charge is 0.363 e. The Labute approximate surface area is 211 Å². The normalized spacial score (nSPS) is 18.2. The van der Waals surface area contributed by atoms with Crippen molar-refractivity contribution in [2.24, 2.45) is 5.73 Å². The van der Waals surface area contributed by atoms with Crippen molar-refractivity contribution in [1.29, 1.82) is 0 Å². The number of allylic oxidation sites excluding steroid dienone is 1. The summed E-state index contributed by atoms with van der Waals surface area (Å²) in [7, 11) is 3.80. The fourth-order valence-electron chi connectivity index (χ4n) is 4.40. The number of hydroxylamine groups is 2. The second kappa shape index (κ2) is 9.07. The highest BCUT2D eigenvalue weighted by molar-refractivity contribution is 6.05. The van der Waals surface area contributed by atoms with E-state index in [4.69, 9.17) is 15.3 Å². The average molecular weight is 501 g/mol. The Morgan fingerprint density at radius 2 is 1.78 bits per heavy atom. The first-order valence-electron chi connectivity index (χ1n) is 11.5. The zero-order valence-corrected chi connectivity index (χ0v) is 20.1. The summed E-state index contributed by atoms with van der Waals surface area (Å²) in [6.45, 7) is 0. The number of nitrogens with zero attached hydrogens (tertiary/aromatic N) is 2. The first kappa shape index (κ1) is 24.0. The maximum Gasteiger partial charge on any atom is 0.363 e. The molecule has 1 aliphatic carbocycles. The van der Waals surface area contributed by atoms with Gasteiger partial charge in [0.15, 0.2) is 0 Å². The molecule has 1 atom stereocenters. The number of ether oxygens (including phenoxy) is 1. The summed E-state index contributed by atoms with van der Waals surface area (Å²) < 4.78 is 6.16. The molecule has 37 heavy (non-hydrogen) atoms. The van der Waals surface area contributed by atoms with Gasteiger partial charge < -0.3 is 25.3 Å². The maximum atomic E-state index is 12.7. The van der Waals surface area contributed by atoms with E-state index in [2.05, 4.69) is 0 Å². The fraction of sp³-hybridized carbons (Fsp3) is 0.185. The molecule has 2 heterocycles. The van der Waals surface area contributed by atoms with Crippen molar-refractivity contribution >= 4 is 35.0 Å². The number of aromatic carboxylic acids is 1.